The first kappa shape index (κ1) is 15.7. The van der Waals surface area contributed by atoms with Crippen molar-refractivity contribution in [3.63, 3.8) is 0 Å². The number of para-hydroxylation sites is 1. The quantitative estimate of drug-likeness (QED) is 0.622. The third-order valence-electron chi connectivity index (χ3n) is 3.32. The number of hydrogen-bond donors (Lipinski definition) is 0. The van der Waals surface area contributed by atoms with E-state index in [1.807, 2.05) is 18.7 Å². The molecule has 2 rings (SSSR count). The van der Waals surface area contributed by atoms with E-state index >= 15 is 0 Å². The summed E-state index contributed by atoms with van der Waals surface area (Å²) >= 11 is 0. The Morgan fingerprint density at radius 2 is 1.86 bits per heavy atom. The van der Waals surface area contributed by atoms with E-state index in [1.54, 1.807) is 6.07 Å². The highest BCUT2D eigenvalue weighted by Crippen LogP contribution is 2.35. The number of nitro benzene ring substituents is 1. The summed E-state index contributed by atoms with van der Waals surface area (Å²) in [6.45, 7) is 4.74. The van der Waals surface area contributed by atoms with Crippen LogP contribution >= 0.6 is 0 Å². The zero-order chi connectivity index (χ0) is 15.8. The predicted molar refractivity (Wildman–Crippen MR) is 78.4 cm³/mol. The molecule has 7 nitrogen and oxygen atoms in total. The van der Waals surface area contributed by atoms with E-state index in [1.165, 1.54) is 12.1 Å². The number of anilines is 1. The molecule has 21 heavy (non-hydrogen) atoms. The molecular weight excluding hydrogens is 296 g/mol. The van der Waals surface area contributed by atoms with E-state index in [9.17, 15) is 18.5 Å². The molecule has 116 valence electrons. The van der Waals surface area contributed by atoms with Crippen LogP contribution in [0.4, 0.5) is 11.4 Å². The van der Waals surface area contributed by atoms with Crippen molar-refractivity contribution in [2.24, 2.45) is 0 Å². The molecule has 1 fully saturated rings. The highest BCUT2D eigenvalue weighted by atomic mass is 32.2. The molecule has 0 radical (unpaired) electrons. The van der Waals surface area contributed by atoms with Gasteiger partial charge < -0.3 is 9.64 Å². The standard InChI is InChI=1S/C13H18N2O5S/c1-9-7-14(8-10(2)20-9)11-5-4-6-12(21(3,18)19)13(11)15(16)17/h4-6,9-10H,7-8H2,1-3H3. The Hall–Kier alpha value is -1.67. The summed E-state index contributed by atoms with van der Waals surface area (Å²) in [5.41, 5.74) is -0.0359. The van der Waals surface area contributed by atoms with Crippen LogP contribution in [0.3, 0.4) is 0 Å². The van der Waals surface area contributed by atoms with Crippen LogP contribution in [0.1, 0.15) is 13.8 Å². The van der Waals surface area contributed by atoms with Crippen molar-refractivity contribution < 1.29 is 18.1 Å². The number of rotatable bonds is 3. The monoisotopic (exact) mass is 314 g/mol. The molecule has 1 heterocycles. The number of ether oxygens (including phenoxy) is 1. The molecule has 1 saturated heterocycles. The van der Waals surface area contributed by atoms with E-state index in [0.29, 0.717) is 18.8 Å². The van der Waals surface area contributed by atoms with Gasteiger partial charge in [-0.2, -0.15) is 0 Å². The third-order valence-corrected chi connectivity index (χ3v) is 4.45. The lowest BCUT2D eigenvalue weighted by Crippen LogP contribution is -2.45. The van der Waals surface area contributed by atoms with Crippen LogP contribution in [0.5, 0.6) is 0 Å². The summed E-state index contributed by atoms with van der Waals surface area (Å²) in [5.74, 6) is 0. The number of morpholine rings is 1. The Morgan fingerprint density at radius 3 is 2.33 bits per heavy atom. The van der Waals surface area contributed by atoms with Crippen molar-refractivity contribution in [2.45, 2.75) is 31.0 Å². The van der Waals surface area contributed by atoms with Crippen LogP contribution in [-0.2, 0) is 14.6 Å². The van der Waals surface area contributed by atoms with Gasteiger partial charge in [-0.3, -0.25) is 10.1 Å². The molecule has 0 bridgehead atoms. The molecule has 0 aliphatic carbocycles. The van der Waals surface area contributed by atoms with E-state index in [0.717, 1.165) is 6.26 Å². The normalized spacial score (nSPS) is 23.1. The number of nitrogens with zero attached hydrogens (tertiary/aromatic N) is 2. The number of benzene rings is 1. The summed E-state index contributed by atoms with van der Waals surface area (Å²) in [5, 5.41) is 11.4. The fraction of sp³-hybridized carbons (Fsp3) is 0.538. The highest BCUT2D eigenvalue weighted by Gasteiger charge is 2.32. The number of nitro groups is 1. The van der Waals surface area contributed by atoms with Crippen molar-refractivity contribution in [2.75, 3.05) is 24.2 Å². The van der Waals surface area contributed by atoms with E-state index in [-0.39, 0.29) is 22.8 Å². The third kappa shape index (κ3) is 3.33. The first-order valence-corrected chi connectivity index (χ1v) is 8.47. The Balaban J connectivity index is 2.56. The molecule has 2 atom stereocenters. The van der Waals surface area contributed by atoms with Gasteiger partial charge in [-0.05, 0) is 26.0 Å². The second-order valence-electron chi connectivity index (χ2n) is 5.32. The van der Waals surface area contributed by atoms with Crippen molar-refractivity contribution in [3.05, 3.63) is 28.3 Å². The molecule has 0 N–H and O–H groups in total. The summed E-state index contributed by atoms with van der Waals surface area (Å²) in [4.78, 5) is 12.3. The van der Waals surface area contributed by atoms with Gasteiger partial charge >= 0.3 is 5.69 Å². The summed E-state index contributed by atoms with van der Waals surface area (Å²) in [6.07, 6.45) is 0.828. The lowest BCUT2D eigenvalue weighted by atomic mass is 10.1. The highest BCUT2D eigenvalue weighted by molar-refractivity contribution is 7.90. The Labute approximate surface area is 123 Å². The van der Waals surface area contributed by atoms with Gasteiger partial charge in [0.1, 0.15) is 10.6 Å². The van der Waals surface area contributed by atoms with Gasteiger partial charge in [-0.1, -0.05) is 6.07 Å². The molecule has 2 unspecified atom stereocenters. The minimum Gasteiger partial charge on any atom is -0.372 e. The van der Waals surface area contributed by atoms with Crippen LogP contribution in [0.15, 0.2) is 23.1 Å². The lowest BCUT2D eigenvalue weighted by Gasteiger charge is -2.36. The van der Waals surface area contributed by atoms with E-state index < -0.39 is 14.8 Å². The van der Waals surface area contributed by atoms with Gasteiger partial charge in [0.25, 0.3) is 0 Å². The summed E-state index contributed by atoms with van der Waals surface area (Å²) in [7, 11) is -3.67. The summed E-state index contributed by atoms with van der Waals surface area (Å²) in [6, 6.07) is 4.38. The molecule has 1 aliphatic heterocycles. The molecular formula is C13H18N2O5S. The van der Waals surface area contributed by atoms with Gasteiger partial charge in [0.05, 0.1) is 17.1 Å². The minimum absolute atomic E-state index is 0.0738. The second kappa shape index (κ2) is 5.61. The first-order chi connectivity index (χ1) is 9.70. The average molecular weight is 314 g/mol. The Kier molecular flexibility index (Phi) is 4.20. The zero-order valence-corrected chi connectivity index (χ0v) is 13.0. The minimum atomic E-state index is -3.67. The predicted octanol–water partition coefficient (Wildman–Crippen LogP) is 1.61. The van der Waals surface area contributed by atoms with Crippen molar-refractivity contribution >= 4 is 21.2 Å². The molecule has 0 amide bonds. The largest absolute Gasteiger partial charge is 0.372 e. The average Bonchev–Trinajstić information content (AvgIpc) is 2.35. The van der Waals surface area contributed by atoms with E-state index in [4.69, 9.17) is 4.74 Å². The Morgan fingerprint density at radius 1 is 1.29 bits per heavy atom. The van der Waals surface area contributed by atoms with E-state index in [2.05, 4.69) is 0 Å². The zero-order valence-electron chi connectivity index (χ0n) is 12.1. The van der Waals surface area contributed by atoms with Gasteiger partial charge in [0.2, 0.25) is 0 Å². The maximum Gasteiger partial charge on any atom is 0.311 e. The SMILES string of the molecule is CC1CN(c2cccc(S(C)(=O)=O)c2[N+](=O)[O-])CC(C)O1. The van der Waals surface area contributed by atoms with Crippen LogP contribution in [0.25, 0.3) is 0 Å². The molecule has 0 saturated carbocycles. The van der Waals surface area contributed by atoms with Crippen LogP contribution in [-0.4, -0.2) is 44.9 Å². The van der Waals surface area contributed by atoms with Gasteiger partial charge in [-0.25, -0.2) is 8.42 Å². The van der Waals surface area contributed by atoms with Crippen LogP contribution in [0.2, 0.25) is 0 Å². The smallest absolute Gasteiger partial charge is 0.311 e. The van der Waals surface area contributed by atoms with Gasteiger partial charge in [0.15, 0.2) is 9.84 Å². The van der Waals surface area contributed by atoms with Crippen LogP contribution < -0.4 is 4.90 Å². The Bertz CT molecular complexity index is 649. The fourth-order valence-corrected chi connectivity index (χ4v) is 3.48. The molecule has 1 aromatic carbocycles. The maximum atomic E-state index is 11.8. The number of hydrogen-bond acceptors (Lipinski definition) is 6. The fourth-order valence-electron chi connectivity index (χ4n) is 2.62. The van der Waals surface area contributed by atoms with Crippen molar-refractivity contribution in [1.29, 1.82) is 0 Å². The maximum absolute atomic E-state index is 11.8. The topological polar surface area (TPSA) is 89.8 Å². The molecule has 0 spiro atoms. The molecule has 8 heteroatoms. The second-order valence-corrected chi connectivity index (χ2v) is 7.30. The van der Waals surface area contributed by atoms with Gasteiger partial charge in [-0.15, -0.1) is 0 Å². The summed E-state index contributed by atoms with van der Waals surface area (Å²) < 4.78 is 29.2. The molecule has 0 aromatic heterocycles. The van der Waals surface area contributed by atoms with Crippen LogP contribution in [0, 0.1) is 10.1 Å². The first-order valence-electron chi connectivity index (χ1n) is 6.58. The molecule has 1 aliphatic rings. The van der Waals surface area contributed by atoms with Crippen molar-refractivity contribution in [3.8, 4) is 0 Å². The molecule has 1 aromatic rings. The van der Waals surface area contributed by atoms with Gasteiger partial charge in [0, 0.05) is 19.3 Å². The lowest BCUT2D eigenvalue weighted by molar-refractivity contribution is -0.387. The van der Waals surface area contributed by atoms with Crippen molar-refractivity contribution in [1.82, 2.24) is 0 Å². The number of sulfone groups is 1.